The Morgan fingerprint density at radius 1 is 1.03 bits per heavy atom. The standard InChI is InChI=1S/C27H37N3O4/c1-5-6-14-22(31)19-30(17-18-32-3)20-23-26(21-12-8-7-9-13-21)28-29(2)27(23)34-25-16-11-10-15-24(25)33-4/h7-13,15-16,22,31H,5-6,14,17-20H2,1-4H3/t22-/m1/s1. The Bertz CT molecular complexity index is 1010. The van der Waals surface area contributed by atoms with E-state index >= 15 is 0 Å². The molecule has 3 rings (SSSR count). The highest BCUT2D eigenvalue weighted by atomic mass is 16.5. The number of unbranched alkanes of at least 4 members (excludes halogenated alkanes) is 1. The summed E-state index contributed by atoms with van der Waals surface area (Å²) < 4.78 is 19.0. The van der Waals surface area contributed by atoms with Crippen LogP contribution in [-0.2, 0) is 18.3 Å². The molecule has 0 saturated carbocycles. The Morgan fingerprint density at radius 3 is 2.41 bits per heavy atom. The summed E-state index contributed by atoms with van der Waals surface area (Å²) in [7, 11) is 5.21. The number of methoxy groups -OCH3 is 2. The lowest BCUT2D eigenvalue weighted by Crippen LogP contribution is -2.34. The molecule has 1 aromatic heterocycles. The highest BCUT2D eigenvalue weighted by molar-refractivity contribution is 5.65. The number of para-hydroxylation sites is 2. The van der Waals surface area contributed by atoms with Crippen molar-refractivity contribution < 1.29 is 19.3 Å². The van der Waals surface area contributed by atoms with Gasteiger partial charge in [-0.25, -0.2) is 4.68 Å². The highest BCUT2D eigenvalue weighted by Crippen LogP contribution is 2.37. The molecule has 0 aliphatic rings. The Morgan fingerprint density at radius 2 is 1.74 bits per heavy atom. The van der Waals surface area contributed by atoms with E-state index < -0.39 is 6.10 Å². The molecule has 0 amide bonds. The first kappa shape index (κ1) is 25.7. The summed E-state index contributed by atoms with van der Waals surface area (Å²) in [6, 6.07) is 17.7. The van der Waals surface area contributed by atoms with Gasteiger partial charge in [0.1, 0.15) is 5.69 Å². The number of aliphatic hydroxyl groups is 1. The third kappa shape index (κ3) is 6.82. The number of aromatic nitrogens is 2. The molecule has 7 nitrogen and oxygen atoms in total. The lowest BCUT2D eigenvalue weighted by Gasteiger charge is -2.25. The molecule has 0 fully saturated rings. The minimum Gasteiger partial charge on any atom is -0.493 e. The Balaban J connectivity index is 1.99. The molecule has 184 valence electrons. The van der Waals surface area contributed by atoms with Gasteiger partial charge < -0.3 is 19.3 Å². The molecule has 0 spiro atoms. The average Bonchev–Trinajstić information content (AvgIpc) is 3.16. The minimum atomic E-state index is -0.396. The molecule has 1 heterocycles. The van der Waals surface area contributed by atoms with Crippen molar-refractivity contribution in [3.63, 3.8) is 0 Å². The van der Waals surface area contributed by atoms with E-state index in [1.165, 1.54) is 0 Å². The maximum absolute atomic E-state index is 10.6. The fourth-order valence-corrected chi connectivity index (χ4v) is 3.97. The average molecular weight is 468 g/mol. The number of aliphatic hydroxyl groups excluding tert-OH is 1. The molecule has 0 unspecified atom stereocenters. The van der Waals surface area contributed by atoms with Gasteiger partial charge in [0.05, 0.1) is 25.4 Å². The zero-order valence-electron chi connectivity index (χ0n) is 20.7. The quantitative estimate of drug-likeness (QED) is 0.364. The second kappa shape index (κ2) is 13.1. The van der Waals surface area contributed by atoms with Gasteiger partial charge in [-0.1, -0.05) is 62.2 Å². The smallest absolute Gasteiger partial charge is 0.222 e. The third-order valence-corrected chi connectivity index (χ3v) is 5.76. The molecule has 1 atom stereocenters. The van der Waals surface area contributed by atoms with E-state index in [2.05, 4.69) is 11.8 Å². The molecule has 0 radical (unpaired) electrons. The molecule has 0 aliphatic carbocycles. The van der Waals surface area contributed by atoms with Crippen LogP contribution in [0.25, 0.3) is 11.3 Å². The first-order valence-corrected chi connectivity index (χ1v) is 11.9. The normalized spacial score (nSPS) is 12.2. The summed E-state index contributed by atoms with van der Waals surface area (Å²) in [4.78, 5) is 2.21. The number of rotatable bonds is 14. The van der Waals surface area contributed by atoms with Crippen molar-refractivity contribution in [1.82, 2.24) is 14.7 Å². The van der Waals surface area contributed by atoms with Crippen LogP contribution in [0.4, 0.5) is 0 Å². The summed E-state index contributed by atoms with van der Waals surface area (Å²) in [6.07, 6.45) is 2.45. The van der Waals surface area contributed by atoms with Gasteiger partial charge in [-0.15, -0.1) is 0 Å². The van der Waals surface area contributed by atoms with Crippen molar-refractivity contribution in [2.24, 2.45) is 7.05 Å². The predicted molar refractivity (Wildman–Crippen MR) is 134 cm³/mol. The lowest BCUT2D eigenvalue weighted by molar-refractivity contribution is 0.0788. The molecule has 3 aromatic rings. The largest absolute Gasteiger partial charge is 0.493 e. The fourth-order valence-electron chi connectivity index (χ4n) is 3.97. The van der Waals surface area contributed by atoms with Crippen LogP contribution in [-0.4, -0.2) is 59.8 Å². The molecule has 0 aliphatic heterocycles. The number of hydrogen-bond donors (Lipinski definition) is 1. The van der Waals surface area contributed by atoms with Crippen LogP contribution in [0, 0.1) is 0 Å². The van der Waals surface area contributed by atoms with E-state index in [9.17, 15) is 5.11 Å². The zero-order valence-corrected chi connectivity index (χ0v) is 20.7. The van der Waals surface area contributed by atoms with Gasteiger partial charge in [0.25, 0.3) is 0 Å². The molecule has 2 aromatic carbocycles. The van der Waals surface area contributed by atoms with Crippen LogP contribution in [0.1, 0.15) is 31.7 Å². The van der Waals surface area contributed by atoms with Crippen LogP contribution in [0.2, 0.25) is 0 Å². The van der Waals surface area contributed by atoms with Gasteiger partial charge in [0, 0.05) is 39.4 Å². The Labute approximate surface area is 202 Å². The highest BCUT2D eigenvalue weighted by Gasteiger charge is 2.24. The molecule has 0 saturated heterocycles. The number of benzene rings is 2. The topological polar surface area (TPSA) is 69.0 Å². The van der Waals surface area contributed by atoms with Gasteiger partial charge in [-0.3, -0.25) is 4.90 Å². The van der Waals surface area contributed by atoms with E-state index in [4.69, 9.17) is 19.3 Å². The Hall–Kier alpha value is -2.87. The summed E-state index contributed by atoms with van der Waals surface area (Å²) in [5.74, 6) is 1.93. The number of nitrogens with zero attached hydrogens (tertiary/aromatic N) is 3. The number of aryl methyl sites for hydroxylation is 1. The van der Waals surface area contributed by atoms with Crippen molar-refractivity contribution >= 4 is 0 Å². The van der Waals surface area contributed by atoms with E-state index in [0.717, 1.165) is 36.1 Å². The van der Waals surface area contributed by atoms with Crippen LogP contribution >= 0.6 is 0 Å². The van der Waals surface area contributed by atoms with Gasteiger partial charge in [0.15, 0.2) is 11.5 Å². The van der Waals surface area contributed by atoms with Crippen LogP contribution in [0.3, 0.4) is 0 Å². The number of ether oxygens (including phenoxy) is 3. The minimum absolute atomic E-state index is 0.396. The van der Waals surface area contributed by atoms with Crippen LogP contribution in [0.15, 0.2) is 54.6 Å². The zero-order chi connectivity index (χ0) is 24.3. The molecule has 7 heteroatoms. The first-order chi connectivity index (χ1) is 16.6. The van der Waals surface area contributed by atoms with Crippen molar-refractivity contribution in [1.29, 1.82) is 0 Å². The van der Waals surface area contributed by atoms with Crippen molar-refractivity contribution in [3.05, 3.63) is 60.2 Å². The molecule has 34 heavy (non-hydrogen) atoms. The Kier molecular flexibility index (Phi) is 9.94. The maximum Gasteiger partial charge on any atom is 0.222 e. The molecular weight excluding hydrogens is 430 g/mol. The van der Waals surface area contributed by atoms with E-state index in [1.54, 1.807) is 18.9 Å². The van der Waals surface area contributed by atoms with E-state index in [1.807, 2.05) is 61.6 Å². The fraction of sp³-hybridized carbons (Fsp3) is 0.444. The third-order valence-electron chi connectivity index (χ3n) is 5.76. The van der Waals surface area contributed by atoms with Gasteiger partial charge in [-0.05, 0) is 18.6 Å². The van der Waals surface area contributed by atoms with E-state index in [-0.39, 0.29) is 0 Å². The summed E-state index contributed by atoms with van der Waals surface area (Å²) in [6.45, 7) is 4.52. The van der Waals surface area contributed by atoms with E-state index in [0.29, 0.717) is 43.6 Å². The second-order valence-corrected chi connectivity index (χ2v) is 8.40. The monoisotopic (exact) mass is 467 g/mol. The summed E-state index contributed by atoms with van der Waals surface area (Å²) >= 11 is 0. The molecule has 1 N–H and O–H groups in total. The second-order valence-electron chi connectivity index (χ2n) is 8.40. The summed E-state index contributed by atoms with van der Waals surface area (Å²) in [5.41, 5.74) is 2.83. The van der Waals surface area contributed by atoms with Gasteiger partial charge in [-0.2, -0.15) is 5.10 Å². The lowest BCUT2D eigenvalue weighted by atomic mass is 10.1. The first-order valence-electron chi connectivity index (χ1n) is 11.9. The van der Waals surface area contributed by atoms with Gasteiger partial charge in [0.2, 0.25) is 5.88 Å². The SMILES string of the molecule is CCCC[C@@H](O)CN(CCOC)Cc1c(-c2ccccc2)nn(C)c1Oc1ccccc1OC. The molecule has 0 bridgehead atoms. The van der Waals surface area contributed by atoms with Gasteiger partial charge >= 0.3 is 0 Å². The summed E-state index contributed by atoms with van der Waals surface area (Å²) in [5, 5.41) is 15.5. The van der Waals surface area contributed by atoms with Crippen molar-refractivity contribution in [3.8, 4) is 28.6 Å². The van der Waals surface area contributed by atoms with Crippen LogP contribution in [0.5, 0.6) is 17.4 Å². The predicted octanol–water partition coefficient (Wildman–Crippen LogP) is 4.89. The molecular formula is C27H37N3O4. The van der Waals surface area contributed by atoms with Crippen molar-refractivity contribution in [2.75, 3.05) is 33.9 Å². The number of hydrogen-bond acceptors (Lipinski definition) is 6. The maximum atomic E-state index is 10.6. The van der Waals surface area contributed by atoms with Crippen LogP contribution < -0.4 is 9.47 Å². The van der Waals surface area contributed by atoms with Crippen molar-refractivity contribution in [2.45, 2.75) is 38.8 Å².